The number of carbonyl (C=O) groups is 1. The highest BCUT2D eigenvalue weighted by atomic mass is 16.5. The molecule has 0 aliphatic carbocycles. The number of hydrogen-bond donors (Lipinski definition) is 2. The minimum Gasteiger partial charge on any atom is -0.497 e. The fourth-order valence-electron chi connectivity index (χ4n) is 3.96. The Kier molecular flexibility index (Phi) is 4.51. The lowest BCUT2D eigenvalue weighted by Crippen LogP contribution is -2.16. The van der Waals surface area contributed by atoms with Gasteiger partial charge in [-0.2, -0.15) is 0 Å². The second-order valence-corrected chi connectivity index (χ2v) is 6.80. The van der Waals surface area contributed by atoms with Crippen LogP contribution in [0.5, 0.6) is 5.75 Å². The van der Waals surface area contributed by atoms with Crippen molar-refractivity contribution in [2.75, 3.05) is 7.11 Å². The van der Waals surface area contributed by atoms with Crippen molar-refractivity contribution in [2.24, 2.45) is 5.73 Å². The van der Waals surface area contributed by atoms with E-state index in [1.165, 1.54) is 5.56 Å². The van der Waals surface area contributed by atoms with E-state index >= 15 is 0 Å². The largest absolute Gasteiger partial charge is 0.497 e. The van der Waals surface area contributed by atoms with Crippen LogP contribution in [-0.2, 0) is 12.8 Å². The number of rotatable bonds is 5. The Labute approximate surface area is 163 Å². The van der Waals surface area contributed by atoms with Crippen LogP contribution in [0.4, 0.5) is 0 Å². The topological polar surface area (TPSA) is 81.0 Å². The lowest BCUT2D eigenvalue weighted by molar-refractivity contribution is 0.0995. The molecule has 0 bridgehead atoms. The number of H-pyrrole nitrogens is 1. The molecule has 4 aromatic rings. The van der Waals surface area contributed by atoms with Crippen LogP contribution in [0.2, 0.25) is 0 Å². The van der Waals surface area contributed by atoms with E-state index < -0.39 is 5.91 Å². The summed E-state index contributed by atoms with van der Waals surface area (Å²) in [6.07, 6.45) is 1.58. The fourth-order valence-corrected chi connectivity index (χ4v) is 3.96. The van der Waals surface area contributed by atoms with E-state index in [0.29, 0.717) is 12.1 Å². The molecule has 0 atom stereocenters. The SMILES string of the molecule is CCc1cccc2[nH]c3c(-c4ccc(OC)cc4)nc(C(N)=O)c(CC)c3c12. The summed E-state index contributed by atoms with van der Waals surface area (Å²) in [5, 5.41) is 2.20. The molecule has 0 unspecified atom stereocenters. The van der Waals surface area contributed by atoms with Crippen LogP contribution in [-0.4, -0.2) is 23.0 Å². The van der Waals surface area contributed by atoms with Gasteiger partial charge >= 0.3 is 0 Å². The molecule has 2 heterocycles. The second kappa shape index (κ2) is 7.00. The molecule has 0 saturated heterocycles. The van der Waals surface area contributed by atoms with Crippen molar-refractivity contribution in [2.45, 2.75) is 26.7 Å². The smallest absolute Gasteiger partial charge is 0.267 e. The molecule has 142 valence electrons. The Bertz CT molecular complexity index is 1190. The van der Waals surface area contributed by atoms with Gasteiger partial charge in [0.25, 0.3) is 5.91 Å². The van der Waals surface area contributed by atoms with Crippen molar-refractivity contribution in [3.63, 3.8) is 0 Å². The molecular weight excluding hydrogens is 350 g/mol. The minimum atomic E-state index is -0.503. The van der Waals surface area contributed by atoms with Crippen molar-refractivity contribution >= 4 is 27.7 Å². The standard InChI is InChI=1S/C23H23N3O2/c1-4-13-7-6-8-17-18(13)19-16(5-2)21(23(24)27)26-20(22(19)25-17)14-9-11-15(28-3)12-10-14/h6-12,25H,4-5H2,1-3H3,(H2,24,27). The summed E-state index contributed by atoms with van der Waals surface area (Å²) in [6.45, 7) is 4.17. The fraction of sp³-hybridized carbons (Fsp3) is 0.217. The van der Waals surface area contributed by atoms with E-state index in [0.717, 1.165) is 50.8 Å². The molecule has 2 aromatic heterocycles. The predicted molar refractivity (Wildman–Crippen MR) is 113 cm³/mol. The summed E-state index contributed by atoms with van der Waals surface area (Å²) in [6, 6.07) is 13.9. The lowest BCUT2D eigenvalue weighted by Gasteiger charge is -2.12. The zero-order valence-corrected chi connectivity index (χ0v) is 16.3. The molecule has 0 spiro atoms. The van der Waals surface area contributed by atoms with Crippen LogP contribution >= 0.6 is 0 Å². The van der Waals surface area contributed by atoms with Crippen molar-refractivity contribution in [1.82, 2.24) is 9.97 Å². The van der Waals surface area contributed by atoms with Crippen LogP contribution in [0.3, 0.4) is 0 Å². The third-order valence-corrected chi connectivity index (χ3v) is 5.29. The maximum Gasteiger partial charge on any atom is 0.267 e. The number of nitrogens with zero attached hydrogens (tertiary/aromatic N) is 1. The Morgan fingerprint density at radius 3 is 2.43 bits per heavy atom. The summed E-state index contributed by atoms with van der Waals surface area (Å²) in [4.78, 5) is 20.5. The van der Waals surface area contributed by atoms with Gasteiger partial charge in [-0.05, 0) is 54.3 Å². The molecule has 3 N–H and O–H groups in total. The Morgan fingerprint density at radius 1 is 1.07 bits per heavy atom. The molecule has 1 amide bonds. The Balaban J connectivity index is 2.17. The maximum atomic E-state index is 12.3. The van der Waals surface area contributed by atoms with Gasteiger partial charge in [0.05, 0.1) is 18.3 Å². The van der Waals surface area contributed by atoms with Crippen LogP contribution < -0.4 is 10.5 Å². The average molecular weight is 373 g/mol. The first-order valence-corrected chi connectivity index (χ1v) is 9.49. The number of pyridine rings is 1. The van der Waals surface area contributed by atoms with Crippen molar-refractivity contribution in [3.8, 4) is 17.0 Å². The van der Waals surface area contributed by atoms with E-state index in [-0.39, 0.29) is 0 Å². The Morgan fingerprint density at radius 2 is 1.82 bits per heavy atom. The average Bonchev–Trinajstić information content (AvgIpc) is 3.12. The van der Waals surface area contributed by atoms with Gasteiger partial charge in [0.15, 0.2) is 0 Å². The van der Waals surface area contributed by atoms with Crippen molar-refractivity contribution in [1.29, 1.82) is 0 Å². The molecule has 0 aliphatic heterocycles. The third-order valence-electron chi connectivity index (χ3n) is 5.29. The molecule has 0 saturated carbocycles. The third kappa shape index (κ3) is 2.71. The highest BCUT2D eigenvalue weighted by molar-refractivity contribution is 6.16. The quantitative estimate of drug-likeness (QED) is 0.536. The molecule has 0 aliphatic rings. The van der Waals surface area contributed by atoms with Crippen molar-refractivity contribution < 1.29 is 9.53 Å². The molecular formula is C23H23N3O2. The van der Waals surface area contributed by atoms with Gasteiger partial charge in [0, 0.05) is 21.9 Å². The summed E-state index contributed by atoms with van der Waals surface area (Å²) in [5.41, 5.74) is 11.8. The summed E-state index contributed by atoms with van der Waals surface area (Å²) >= 11 is 0. The number of hydrogen-bond acceptors (Lipinski definition) is 3. The predicted octanol–water partition coefficient (Wildman–Crippen LogP) is 4.62. The van der Waals surface area contributed by atoms with Gasteiger partial charge in [0.1, 0.15) is 11.4 Å². The zero-order valence-electron chi connectivity index (χ0n) is 16.3. The molecule has 0 radical (unpaired) electrons. The summed E-state index contributed by atoms with van der Waals surface area (Å²) in [7, 11) is 1.64. The van der Waals surface area contributed by atoms with Gasteiger partial charge in [-0.1, -0.05) is 26.0 Å². The number of nitrogens with two attached hydrogens (primary N) is 1. The summed E-state index contributed by atoms with van der Waals surface area (Å²) < 4.78 is 5.27. The molecule has 2 aromatic carbocycles. The number of aromatic amines is 1. The highest BCUT2D eigenvalue weighted by Crippen LogP contribution is 2.38. The number of aromatic nitrogens is 2. The second-order valence-electron chi connectivity index (χ2n) is 6.80. The first kappa shape index (κ1) is 18.0. The van der Waals surface area contributed by atoms with Gasteiger partial charge in [-0.25, -0.2) is 4.98 Å². The van der Waals surface area contributed by atoms with Gasteiger partial charge in [0.2, 0.25) is 0 Å². The highest BCUT2D eigenvalue weighted by Gasteiger charge is 2.22. The number of aryl methyl sites for hydroxylation is 2. The number of methoxy groups -OCH3 is 1. The zero-order chi connectivity index (χ0) is 19.8. The van der Waals surface area contributed by atoms with Crippen LogP contribution in [0.25, 0.3) is 33.1 Å². The number of carbonyl (C=O) groups excluding carboxylic acids is 1. The summed E-state index contributed by atoms with van der Waals surface area (Å²) in [5.74, 6) is 0.266. The first-order valence-electron chi connectivity index (χ1n) is 9.49. The maximum absolute atomic E-state index is 12.3. The van der Waals surface area contributed by atoms with E-state index in [1.807, 2.05) is 31.2 Å². The molecule has 28 heavy (non-hydrogen) atoms. The molecule has 0 fully saturated rings. The number of fused-ring (bicyclic) bond motifs is 3. The Hall–Kier alpha value is -3.34. The van der Waals surface area contributed by atoms with E-state index in [1.54, 1.807) is 7.11 Å². The lowest BCUT2D eigenvalue weighted by atomic mass is 9.96. The van der Waals surface area contributed by atoms with E-state index in [4.69, 9.17) is 15.5 Å². The number of amides is 1. The number of primary amides is 1. The van der Waals surface area contributed by atoms with Crippen LogP contribution in [0.15, 0.2) is 42.5 Å². The van der Waals surface area contributed by atoms with Crippen molar-refractivity contribution in [3.05, 3.63) is 59.3 Å². The van der Waals surface area contributed by atoms with Crippen LogP contribution in [0, 0.1) is 0 Å². The number of ether oxygens (including phenoxy) is 1. The molecule has 4 rings (SSSR count). The van der Waals surface area contributed by atoms with E-state index in [9.17, 15) is 4.79 Å². The van der Waals surface area contributed by atoms with Gasteiger partial charge < -0.3 is 15.5 Å². The van der Waals surface area contributed by atoms with Gasteiger partial charge in [-0.15, -0.1) is 0 Å². The normalized spacial score (nSPS) is 11.2. The molecule has 5 heteroatoms. The first-order chi connectivity index (χ1) is 13.6. The number of benzene rings is 2. The monoisotopic (exact) mass is 373 g/mol. The van der Waals surface area contributed by atoms with E-state index in [2.05, 4.69) is 30.1 Å². The van der Waals surface area contributed by atoms with Crippen LogP contribution in [0.1, 0.15) is 35.5 Å². The minimum absolute atomic E-state index is 0.340. The number of nitrogens with one attached hydrogen (secondary N) is 1. The molecule has 5 nitrogen and oxygen atoms in total. The van der Waals surface area contributed by atoms with Gasteiger partial charge in [-0.3, -0.25) is 4.79 Å².